The smallest absolute Gasteiger partial charge is 0.341 e. The zero-order chi connectivity index (χ0) is 29.0. The van der Waals surface area contributed by atoms with Crippen molar-refractivity contribution in [1.82, 2.24) is 14.0 Å². The van der Waals surface area contributed by atoms with Gasteiger partial charge >= 0.3 is 5.97 Å². The first kappa shape index (κ1) is 28.3. The highest BCUT2D eigenvalue weighted by molar-refractivity contribution is 5.98. The average Bonchev–Trinajstić information content (AvgIpc) is 2.96. The van der Waals surface area contributed by atoms with E-state index in [1.54, 1.807) is 19.2 Å². The Hall–Kier alpha value is -4.71. The van der Waals surface area contributed by atoms with Gasteiger partial charge in [-0.15, -0.1) is 0 Å². The van der Waals surface area contributed by atoms with Crippen LogP contribution in [0.1, 0.15) is 33.2 Å². The predicted octanol–water partition coefficient (Wildman–Crippen LogP) is 2.55. The van der Waals surface area contributed by atoms with E-state index in [0.717, 1.165) is 5.56 Å². The van der Waals surface area contributed by atoms with E-state index in [0.29, 0.717) is 11.4 Å². The molecule has 3 aromatic heterocycles. The number of esters is 1. The molecule has 12 nitrogen and oxygen atoms in total. The molecule has 210 valence electrons. The van der Waals surface area contributed by atoms with Crippen LogP contribution in [0.25, 0.3) is 16.7 Å². The lowest BCUT2D eigenvalue weighted by atomic mass is 10.1. The van der Waals surface area contributed by atoms with E-state index in [1.807, 2.05) is 13.0 Å². The van der Waals surface area contributed by atoms with Crippen molar-refractivity contribution in [2.75, 3.05) is 41.7 Å². The van der Waals surface area contributed by atoms with Gasteiger partial charge in [0.05, 0.1) is 39.9 Å². The standard InChI is InChI=1S/C28H30N4O8/c1-7-40-28(35)19-15-18-24(29-23-16(2)9-8-10-32(23)27(18)34)31(11-12-36-3)25(19)30-26(33)17-13-20(37-4)22(39-6)21(14-17)38-5/h8-10,13-15H,7,11-12H2,1-6H3. The molecular weight excluding hydrogens is 520 g/mol. The fourth-order valence-electron chi connectivity index (χ4n) is 4.33. The molecule has 0 atom stereocenters. The molecule has 1 amide bonds. The van der Waals surface area contributed by atoms with Crippen LogP contribution < -0.4 is 25.3 Å². The number of hydrogen-bond donors (Lipinski definition) is 0. The molecule has 3 heterocycles. The monoisotopic (exact) mass is 550 g/mol. The normalized spacial score (nSPS) is 11.6. The first-order chi connectivity index (χ1) is 19.3. The maximum Gasteiger partial charge on any atom is 0.341 e. The Bertz CT molecular complexity index is 1710. The summed E-state index contributed by atoms with van der Waals surface area (Å²) in [6.45, 7) is 3.88. The van der Waals surface area contributed by atoms with Crippen LogP contribution in [0.2, 0.25) is 0 Å². The average molecular weight is 551 g/mol. The highest BCUT2D eigenvalue weighted by Gasteiger charge is 2.22. The van der Waals surface area contributed by atoms with Crippen LogP contribution in [-0.2, 0) is 16.0 Å². The first-order valence-corrected chi connectivity index (χ1v) is 12.4. The van der Waals surface area contributed by atoms with Gasteiger partial charge in [0.1, 0.15) is 16.9 Å². The lowest BCUT2D eigenvalue weighted by molar-refractivity contribution is 0.0523. The molecule has 12 heteroatoms. The Morgan fingerprint density at radius 1 is 1.00 bits per heavy atom. The van der Waals surface area contributed by atoms with Crippen molar-refractivity contribution in [3.05, 3.63) is 69.1 Å². The molecule has 0 radical (unpaired) electrons. The number of ether oxygens (including phenoxy) is 5. The molecule has 4 aromatic rings. The van der Waals surface area contributed by atoms with Gasteiger partial charge in [-0.25, -0.2) is 9.78 Å². The highest BCUT2D eigenvalue weighted by Crippen LogP contribution is 2.38. The molecule has 40 heavy (non-hydrogen) atoms. The lowest BCUT2D eigenvalue weighted by Gasteiger charge is -2.16. The predicted molar refractivity (Wildman–Crippen MR) is 146 cm³/mol. The largest absolute Gasteiger partial charge is 0.493 e. The van der Waals surface area contributed by atoms with Gasteiger partial charge in [-0.3, -0.25) is 14.0 Å². The zero-order valence-electron chi connectivity index (χ0n) is 23.1. The molecule has 0 fully saturated rings. The third-order valence-corrected chi connectivity index (χ3v) is 6.24. The van der Waals surface area contributed by atoms with E-state index in [-0.39, 0.29) is 64.5 Å². The van der Waals surface area contributed by atoms with Gasteiger partial charge in [-0.05, 0) is 43.7 Å². The maximum atomic E-state index is 13.6. The van der Waals surface area contributed by atoms with Gasteiger partial charge in [0.25, 0.3) is 11.5 Å². The number of benzene rings is 1. The number of pyridine rings is 2. The second-order valence-corrected chi connectivity index (χ2v) is 8.62. The molecule has 0 aliphatic rings. The van der Waals surface area contributed by atoms with Gasteiger partial charge in [0, 0.05) is 25.4 Å². The number of carbonyl (C=O) groups is 2. The van der Waals surface area contributed by atoms with Gasteiger partial charge in [0.15, 0.2) is 17.0 Å². The summed E-state index contributed by atoms with van der Waals surface area (Å²) in [6, 6.07) is 7.85. The third kappa shape index (κ3) is 5.13. The number of aromatic nitrogens is 3. The fourth-order valence-corrected chi connectivity index (χ4v) is 4.33. The van der Waals surface area contributed by atoms with Crippen LogP contribution >= 0.6 is 0 Å². The molecule has 0 aliphatic heterocycles. The SMILES string of the molecule is CCOC(=O)c1cc2c(=O)n3cccc(C)c3nc2n(CCOC)c1=NC(=O)c1cc(OC)c(OC)c(OC)c1. The van der Waals surface area contributed by atoms with E-state index in [2.05, 4.69) is 4.99 Å². The zero-order valence-corrected chi connectivity index (χ0v) is 23.1. The second kappa shape index (κ2) is 12.0. The minimum Gasteiger partial charge on any atom is -0.493 e. The van der Waals surface area contributed by atoms with Gasteiger partial charge in [-0.2, -0.15) is 4.99 Å². The summed E-state index contributed by atoms with van der Waals surface area (Å²) in [5.74, 6) is -0.631. The number of nitrogens with zero attached hydrogens (tertiary/aromatic N) is 4. The number of rotatable bonds is 9. The molecule has 0 spiro atoms. The molecule has 1 aromatic carbocycles. The summed E-state index contributed by atoms with van der Waals surface area (Å²) in [7, 11) is 5.82. The van der Waals surface area contributed by atoms with Crippen molar-refractivity contribution in [1.29, 1.82) is 0 Å². The highest BCUT2D eigenvalue weighted by atomic mass is 16.5. The Morgan fingerprint density at radius 3 is 2.30 bits per heavy atom. The van der Waals surface area contributed by atoms with Crippen molar-refractivity contribution in [3.8, 4) is 17.2 Å². The second-order valence-electron chi connectivity index (χ2n) is 8.62. The molecule has 0 N–H and O–H groups in total. The Morgan fingerprint density at radius 2 is 1.70 bits per heavy atom. The van der Waals surface area contributed by atoms with Crippen LogP contribution in [0.3, 0.4) is 0 Å². The number of methoxy groups -OCH3 is 4. The summed E-state index contributed by atoms with van der Waals surface area (Å²) in [5.41, 5.74) is 1.05. The molecule has 0 saturated heterocycles. The molecule has 0 bridgehead atoms. The van der Waals surface area contributed by atoms with Crippen LogP contribution in [0.4, 0.5) is 0 Å². The van der Waals surface area contributed by atoms with Gasteiger partial charge in [0.2, 0.25) is 5.75 Å². The van der Waals surface area contributed by atoms with Crippen molar-refractivity contribution < 1.29 is 33.3 Å². The Balaban J connectivity index is 2.11. The van der Waals surface area contributed by atoms with Crippen LogP contribution in [0.15, 0.2) is 46.3 Å². The van der Waals surface area contributed by atoms with Crippen molar-refractivity contribution in [2.24, 2.45) is 4.99 Å². The molecule has 0 aliphatic carbocycles. The Kier molecular flexibility index (Phi) is 8.49. The molecule has 0 saturated carbocycles. The van der Waals surface area contributed by atoms with E-state index >= 15 is 0 Å². The third-order valence-electron chi connectivity index (χ3n) is 6.24. The Labute approximate surface area is 229 Å². The molecule has 4 rings (SSSR count). The number of fused-ring (bicyclic) bond motifs is 2. The number of amides is 1. The van der Waals surface area contributed by atoms with Crippen molar-refractivity contribution in [3.63, 3.8) is 0 Å². The topological polar surface area (TPSA) is 132 Å². The summed E-state index contributed by atoms with van der Waals surface area (Å²) in [5, 5.41) is 0.154. The number of hydrogen-bond acceptors (Lipinski definition) is 9. The quantitative estimate of drug-likeness (QED) is 0.228. The summed E-state index contributed by atoms with van der Waals surface area (Å²) in [6.07, 6.45) is 1.60. The van der Waals surface area contributed by atoms with E-state index in [1.165, 1.54) is 55.6 Å². The molecule has 0 unspecified atom stereocenters. The minimum absolute atomic E-state index is 0.0356. The van der Waals surface area contributed by atoms with E-state index < -0.39 is 11.9 Å². The summed E-state index contributed by atoms with van der Waals surface area (Å²) >= 11 is 0. The minimum atomic E-state index is -0.749. The molecular formula is C28H30N4O8. The maximum absolute atomic E-state index is 13.6. The fraction of sp³-hybridized carbons (Fsp3) is 0.321. The van der Waals surface area contributed by atoms with Crippen LogP contribution in [-0.4, -0.2) is 67.5 Å². The summed E-state index contributed by atoms with van der Waals surface area (Å²) in [4.78, 5) is 49.4. The number of carbonyl (C=O) groups excluding carboxylic acids is 2. The van der Waals surface area contributed by atoms with Gasteiger partial charge in [-0.1, -0.05) is 6.07 Å². The van der Waals surface area contributed by atoms with E-state index in [4.69, 9.17) is 28.7 Å². The van der Waals surface area contributed by atoms with Gasteiger partial charge < -0.3 is 28.3 Å². The lowest BCUT2D eigenvalue weighted by Crippen LogP contribution is -2.33. The van der Waals surface area contributed by atoms with Crippen molar-refractivity contribution in [2.45, 2.75) is 20.4 Å². The van der Waals surface area contributed by atoms with Crippen molar-refractivity contribution >= 4 is 28.6 Å². The number of aryl methyl sites for hydroxylation is 1. The summed E-state index contributed by atoms with van der Waals surface area (Å²) < 4.78 is 29.6. The van der Waals surface area contributed by atoms with Crippen LogP contribution in [0, 0.1) is 6.92 Å². The van der Waals surface area contributed by atoms with E-state index in [9.17, 15) is 14.4 Å². The first-order valence-electron chi connectivity index (χ1n) is 12.4. The van der Waals surface area contributed by atoms with Crippen LogP contribution in [0.5, 0.6) is 17.2 Å².